The third-order valence-electron chi connectivity index (χ3n) is 2.92. The van der Waals surface area contributed by atoms with Crippen molar-refractivity contribution in [3.05, 3.63) is 12.4 Å². The maximum atomic E-state index is 5.33. The van der Waals surface area contributed by atoms with E-state index in [1.54, 1.807) is 6.33 Å². The quantitative estimate of drug-likeness (QED) is 0.647. The van der Waals surface area contributed by atoms with Crippen LogP contribution in [0.25, 0.3) is 0 Å². The fourth-order valence-corrected chi connectivity index (χ4v) is 1.90. The monoisotopic (exact) mass is 251 g/mol. The molecule has 0 bridgehead atoms. The molecule has 1 fully saturated rings. The molecule has 6 heteroatoms. The molecule has 18 heavy (non-hydrogen) atoms. The standard InChI is InChI=1S/C12H21N5O/c1-13-4-5-14-11-8-12(16-9-15-11)17-10-2-6-18-7-3-10/h8-10,13H,2-7H2,1H3,(H2,14,15,16,17). The molecule has 100 valence electrons. The van der Waals surface area contributed by atoms with Gasteiger partial charge in [-0.1, -0.05) is 0 Å². The van der Waals surface area contributed by atoms with Crippen molar-refractivity contribution in [2.24, 2.45) is 0 Å². The molecule has 0 aromatic carbocycles. The maximum Gasteiger partial charge on any atom is 0.131 e. The Morgan fingerprint density at radius 1 is 1.22 bits per heavy atom. The second-order valence-corrected chi connectivity index (χ2v) is 4.35. The van der Waals surface area contributed by atoms with E-state index < -0.39 is 0 Å². The Bertz CT molecular complexity index is 354. The normalized spacial score (nSPS) is 16.5. The SMILES string of the molecule is CNCCNc1cc(NC2CCOCC2)ncn1. The minimum Gasteiger partial charge on any atom is -0.381 e. The van der Waals surface area contributed by atoms with Crippen LogP contribution in [-0.4, -0.2) is 49.4 Å². The summed E-state index contributed by atoms with van der Waals surface area (Å²) in [7, 11) is 1.93. The van der Waals surface area contributed by atoms with E-state index in [0.29, 0.717) is 6.04 Å². The summed E-state index contributed by atoms with van der Waals surface area (Å²) in [6.07, 6.45) is 3.66. The fourth-order valence-electron chi connectivity index (χ4n) is 1.90. The molecule has 6 nitrogen and oxygen atoms in total. The Balaban J connectivity index is 1.85. The number of likely N-dealkylation sites (N-methyl/N-ethyl adjacent to an activating group) is 1. The fraction of sp³-hybridized carbons (Fsp3) is 0.667. The summed E-state index contributed by atoms with van der Waals surface area (Å²) in [5, 5.41) is 9.75. The molecular formula is C12H21N5O. The van der Waals surface area contributed by atoms with Crippen molar-refractivity contribution in [3.8, 4) is 0 Å². The summed E-state index contributed by atoms with van der Waals surface area (Å²) in [6, 6.07) is 2.41. The Kier molecular flexibility index (Phi) is 5.16. The number of aromatic nitrogens is 2. The highest BCUT2D eigenvalue weighted by molar-refractivity contribution is 5.46. The number of nitrogens with zero attached hydrogens (tertiary/aromatic N) is 2. The first kappa shape index (κ1) is 13.0. The van der Waals surface area contributed by atoms with E-state index in [1.807, 2.05) is 13.1 Å². The van der Waals surface area contributed by atoms with Gasteiger partial charge in [-0.3, -0.25) is 0 Å². The smallest absolute Gasteiger partial charge is 0.131 e. The van der Waals surface area contributed by atoms with Crippen molar-refractivity contribution in [1.82, 2.24) is 15.3 Å². The van der Waals surface area contributed by atoms with E-state index in [4.69, 9.17) is 4.74 Å². The first-order valence-electron chi connectivity index (χ1n) is 6.43. The van der Waals surface area contributed by atoms with Crippen molar-refractivity contribution in [2.75, 3.05) is 44.0 Å². The molecule has 1 saturated heterocycles. The highest BCUT2D eigenvalue weighted by Gasteiger charge is 2.13. The zero-order valence-corrected chi connectivity index (χ0v) is 10.8. The van der Waals surface area contributed by atoms with Gasteiger partial charge in [0, 0.05) is 38.4 Å². The van der Waals surface area contributed by atoms with Crippen molar-refractivity contribution < 1.29 is 4.74 Å². The first-order chi connectivity index (χ1) is 8.88. The molecule has 0 spiro atoms. The largest absolute Gasteiger partial charge is 0.381 e. The molecule has 0 radical (unpaired) electrons. The molecule has 0 aliphatic carbocycles. The van der Waals surface area contributed by atoms with E-state index in [1.165, 1.54) is 0 Å². The van der Waals surface area contributed by atoms with Gasteiger partial charge in [0.05, 0.1) is 0 Å². The van der Waals surface area contributed by atoms with Crippen LogP contribution in [0.2, 0.25) is 0 Å². The lowest BCUT2D eigenvalue weighted by Crippen LogP contribution is -2.28. The lowest BCUT2D eigenvalue weighted by atomic mass is 10.1. The molecular weight excluding hydrogens is 230 g/mol. The van der Waals surface area contributed by atoms with Gasteiger partial charge in [0.1, 0.15) is 18.0 Å². The number of ether oxygens (including phenoxy) is 1. The van der Waals surface area contributed by atoms with Crippen molar-refractivity contribution in [2.45, 2.75) is 18.9 Å². The molecule has 0 saturated carbocycles. The van der Waals surface area contributed by atoms with E-state index in [9.17, 15) is 0 Å². The van der Waals surface area contributed by atoms with Crippen LogP contribution in [0.15, 0.2) is 12.4 Å². The van der Waals surface area contributed by atoms with Crippen LogP contribution in [0, 0.1) is 0 Å². The van der Waals surface area contributed by atoms with Gasteiger partial charge in [0.15, 0.2) is 0 Å². The Labute approximate surface area is 108 Å². The summed E-state index contributed by atoms with van der Waals surface area (Å²) < 4.78 is 5.33. The number of rotatable bonds is 6. The molecule has 0 amide bonds. The molecule has 0 atom stereocenters. The predicted molar refractivity (Wildman–Crippen MR) is 71.9 cm³/mol. The molecule has 2 rings (SSSR count). The zero-order valence-electron chi connectivity index (χ0n) is 10.8. The summed E-state index contributed by atoms with van der Waals surface area (Å²) in [6.45, 7) is 3.42. The Morgan fingerprint density at radius 2 is 2.00 bits per heavy atom. The average Bonchev–Trinajstić information content (AvgIpc) is 2.41. The van der Waals surface area contributed by atoms with Gasteiger partial charge in [-0.05, 0) is 19.9 Å². The summed E-state index contributed by atoms with van der Waals surface area (Å²) in [5.74, 6) is 1.73. The summed E-state index contributed by atoms with van der Waals surface area (Å²) in [4.78, 5) is 8.43. The first-order valence-corrected chi connectivity index (χ1v) is 6.43. The summed E-state index contributed by atoms with van der Waals surface area (Å²) in [5.41, 5.74) is 0. The van der Waals surface area contributed by atoms with Crippen molar-refractivity contribution in [1.29, 1.82) is 0 Å². The lowest BCUT2D eigenvalue weighted by molar-refractivity contribution is 0.0904. The predicted octanol–water partition coefficient (Wildman–Crippen LogP) is 0.699. The van der Waals surface area contributed by atoms with E-state index in [0.717, 1.165) is 50.8 Å². The molecule has 2 heterocycles. The second kappa shape index (κ2) is 7.13. The van der Waals surface area contributed by atoms with Crippen LogP contribution in [0.5, 0.6) is 0 Å². The minimum absolute atomic E-state index is 0.457. The number of hydrogen-bond acceptors (Lipinski definition) is 6. The van der Waals surface area contributed by atoms with Gasteiger partial charge in [-0.25, -0.2) is 9.97 Å². The molecule has 1 aromatic rings. The Morgan fingerprint density at radius 3 is 2.78 bits per heavy atom. The topological polar surface area (TPSA) is 71.1 Å². The molecule has 1 aliphatic heterocycles. The highest BCUT2D eigenvalue weighted by Crippen LogP contribution is 2.14. The zero-order chi connectivity index (χ0) is 12.6. The van der Waals surface area contributed by atoms with Crippen molar-refractivity contribution in [3.63, 3.8) is 0 Å². The van der Waals surface area contributed by atoms with Crippen LogP contribution < -0.4 is 16.0 Å². The van der Waals surface area contributed by atoms with Crippen LogP contribution in [0.3, 0.4) is 0 Å². The van der Waals surface area contributed by atoms with Crippen LogP contribution in [-0.2, 0) is 4.74 Å². The van der Waals surface area contributed by atoms with Gasteiger partial charge < -0.3 is 20.7 Å². The highest BCUT2D eigenvalue weighted by atomic mass is 16.5. The van der Waals surface area contributed by atoms with Gasteiger partial charge in [-0.2, -0.15) is 0 Å². The molecule has 1 aromatic heterocycles. The van der Waals surface area contributed by atoms with Gasteiger partial charge in [0.2, 0.25) is 0 Å². The summed E-state index contributed by atoms with van der Waals surface area (Å²) >= 11 is 0. The molecule has 3 N–H and O–H groups in total. The minimum atomic E-state index is 0.457. The lowest BCUT2D eigenvalue weighted by Gasteiger charge is -2.23. The average molecular weight is 251 g/mol. The van der Waals surface area contributed by atoms with Crippen molar-refractivity contribution >= 4 is 11.6 Å². The van der Waals surface area contributed by atoms with Gasteiger partial charge in [0.25, 0.3) is 0 Å². The van der Waals surface area contributed by atoms with Crippen LogP contribution >= 0.6 is 0 Å². The van der Waals surface area contributed by atoms with E-state index in [-0.39, 0.29) is 0 Å². The third kappa shape index (κ3) is 4.12. The third-order valence-corrected chi connectivity index (χ3v) is 2.92. The second-order valence-electron chi connectivity index (χ2n) is 4.35. The maximum absolute atomic E-state index is 5.33. The molecule has 1 aliphatic rings. The number of nitrogens with one attached hydrogen (secondary N) is 3. The van der Waals surface area contributed by atoms with E-state index in [2.05, 4.69) is 25.9 Å². The van der Waals surface area contributed by atoms with Gasteiger partial charge >= 0.3 is 0 Å². The van der Waals surface area contributed by atoms with E-state index >= 15 is 0 Å². The van der Waals surface area contributed by atoms with Crippen LogP contribution in [0.1, 0.15) is 12.8 Å². The number of anilines is 2. The number of hydrogen-bond donors (Lipinski definition) is 3. The molecule has 0 unspecified atom stereocenters. The van der Waals surface area contributed by atoms with Gasteiger partial charge in [-0.15, -0.1) is 0 Å². The Hall–Kier alpha value is -1.40. The van der Waals surface area contributed by atoms with Crippen LogP contribution in [0.4, 0.5) is 11.6 Å².